The molecular weight excluding hydrogens is 242 g/mol. The Morgan fingerprint density at radius 1 is 1.26 bits per heavy atom. The zero-order chi connectivity index (χ0) is 14.0. The highest BCUT2D eigenvalue weighted by atomic mass is 16.5. The summed E-state index contributed by atoms with van der Waals surface area (Å²) in [4.78, 5) is 23.4. The maximum atomic E-state index is 11.7. The van der Waals surface area contributed by atoms with Gasteiger partial charge in [0.25, 0.3) is 0 Å². The first-order chi connectivity index (χ1) is 9.08. The highest BCUT2D eigenvalue weighted by molar-refractivity contribution is 6.08. The fourth-order valence-corrected chi connectivity index (χ4v) is 2.18. The minimum Gasteiger partial charge on any atom is -0.462 e. The summed E-state index contributed by atoms with van der Waals surface area (Å²) in [6, 6.07) is 5.32. The monoisotopic (exact) mass is 259 g/mol. The molecule has 1 aromatic carbocycles. The number of ether oxygens (including phenoxy) is 1. The Hall–Kier alpha value is -2.10. The van der Waals surface area contributed by atoms with E-state index >= 15 is 0 Å². The van der Waals surface area contributed by atoms with E-state index in [9.17, 15) is 9.59 Å². The van der Waals surface area contributed by atoms with Gasteiger partial charge in [-0.25, -0.2) is 4.79 Å². The van der Waals surface area contributed by atoms with Crippen molar-refractivity contribution in [1.29, 1.82) is 0 Å². The lowest BCUT2D eigenvalue weighted by Gasteiger charge is -2.03. The van der Waals surface area contributed by atoms with Crippen molar-refractivity contribution in [3.8, 4) is 0 Å². The number of Topliss-reactive ketones (excluding diaryl/α,β-unsaturated/α-hetero) is 1. The van der Waals surface area contributed by atoms with E-state index in [4.69, 9.17) is 4.74 Å². The van der Waals surface area contributed by atoms with Crippen LogP contribution in [0.4, 0.5) is 0 Å². The first kappa shape index (κ1) is 13.3. The Labute approximate surface area is 112 Å². The number of hydrogen-bond acceptors (Lipinski definition) is 3. The van der Waals surface area contributed by atoms with Crippen LogP contribution in [0.15, 0.2) is 24.4 Å². The van der Waals surface area contributed by atoms with Crippen molar-refractivity contribution in [1.82, 2.24) is 4.57 Å². The molecule has 4 heteroatoms. The number of rotatable bonds is 4. The van der Waals surface area contributed by atoms with Crippen LogP contribution in [0.2, 0.25) is 0 Å². The van der Waals surface area contributed by atoms with Crippen LogP contribution in [-0.4, -0.2) is 22.9 Å². The van der Waals surface area contributed by atoms with Gasteiger partial charge in [-0.05, 0) is 39.0 Å². The van der Waals surface area contributed by atoms with Crippen molar-refractivity contribution in [2.75, 3.05) is 6.61 Å². The number of esters is 1. The molecule has 0 unspecified atom stereocenters. The third-order valence-electron chi connectivity index (χ3n) is 3.11. The second kappa shape index (κ2) is 5.26. The molecule has 0 saturated heterocycles. The predicted molar refractivity (Wildman–Crippen MR) is 73.6 cm³/mol. The normalized spacial score (nSPS) is 10.7. The number of carbonyl (C=O) groups excluding carboxylic acids is 2. The first-order valence-electron chi connectivity index (χ1n) is 6.39. The van der Waals surface area contributed by atoms with E-state index in [-0.39, 0.29) is 11.8 Å². The fraction of sp³-hybridized carbons (Fsp3) is 0.333. The van der Waals surface area contributed by atoms with Gasteiger partial charge >= 0.3 is 5.97 Å². The summed E-state index contributed by atoms with van der Waals surface area (Å²) in [7, 11) is 0. The van der Waals surface area contributed by atoms with Crippen LogP contribution in [0, 0.1) is 0 Å². The number of fused-ring (bicyclic) bond motifs is 1. The van der Waals surface area contributed by atoms with Crippen molar-refractivity contribution >= 4 is 22.7 Å². The standard InChI is InChI=1S/C15H17NO3/c1-4-16-9-13(10(3)17)12-8-11(6-7-14(12)16)15(18)19-5-2/h6-9H,4-5H2,1-3H3. The maximum Gasteiger partial charge on any atom is 0.338 e. The van der Waals surface area contributed by atoms with E-state index in [0.717, 1.165) is 17.4 Å². The topological polar surface area (TPSA) is 48.3 Å². The number of nitrogens with zero attached hydrogens (tertiary/aromatic N) is 1. The summed E-state index contributed by atoms with van der Waals surface area (Å²) >= 11 is 0. The predicted octanol–water partition coefficient (Wildman–Crippen LogP) is 3.04. The molecule has 4 nitrogen and oxygen atoms in total. The highest BCUT2D eigenvalue weighted by Crippen LogP contribution is 2.23. The molecule has 1 aromatic heterocycles. The number of ketones is 1. The average Bonchev–Trinajstić information content (AvgIpc) is 2.76. The largest absolute Gasteiger partial charge is 0.462 e. The summed E-state index contributed by atoms with van der Waals surface area (Å²) in [6.45, 7) is 6.44. The Kier molecular flexibility index (Phi) is 3.69. The van der Waals surface area contributed by atoms with Crippen LogP contribution in [0.25, 0.3) is 10.9 Å². The average molecular weight is 259 g/mol. The van der Waals surface area contributed by atoms with Gasteiger partial charge in [-0.2, -0.15) is 0 Å². The number of carbonyl (C=O) groups is 2. The first-order valence-corrected chi connectivity index (χ1v) is 6.39. The summed E-state index contributed by atoms with van der Waals surface area (Å²) in [5.41, 5.74) is 2.08. The van der Waals surface area contributed by atoms with E-state index in [0.29, 0.717) is 17.7 Å². The van der Waals surface area contributed by atoms with Crippen molar-refractivity contribution in [3.63, 3.8) is 0 Å². The van der Waals surface area contributed by atoms with Gasteiger partial charge in [-0.3, -0.25) is 4.79 Å². The maximum absolute atomic E-state index is 11.7. The molecular formula is C15H17NO3. The summed E-state index contributed by atoms with van der Waals surface area (Å²) in [5, 5.41) is 0.805. The molecule has 2 rings (SSSR count). The van der Waals surface area contributed by atoms with Gasteiger partial charge < -0.3 is 9.30 Å². The Morgan fingerprint density at radius 3 is 2.58 bits per heavy atom. The van der Waals surface area contributed by atoms with Gasteiger partial charge in [0.1, 0.15) is 0 Å². The molecule has 0 bridgehead atoms. The van der Waals surface area contributed by atoms with Gasteiger partial charge in [-0.1, -0.05) is 0 Å². The van der Waals surface area contributed by atoms with E-state index in [2.05, 4.69) is 0 Å². The van der Waals surface area contributed by atoms with Gasteiger partial charge in [0.15, 0.2) is 5.78 Å². The van der Waals surface area contributed by atoms with Crippen LogP contribution in [0.1, 0.15) is 41.5 Å². The van der Waals surface area contributed by atoms with E-state index in [1.807, 2.05) is 23.8 Å². The molecule has 2 aromatic rings. The van der Waals surface area contributed by atoms with Crippen LogP contribution in [-0.2, 0) is 11.3 Å². The lowest BCUT2D eigenvalue weighted by Crippen LogP contribution is -2.04. The van der Waals surface area contributed by atoms with Crippen molar-refractivity contribution in [2.24, 2.45) is 0 Å². The minimum atomic E-state index is -0.358. The third-order valence-corrected chi connectivity index (χ3v) is 3.11. The van der Waals surface area contributed by atoms with Gasteiger partial charge in [0.05, 0.1) is 12.2 Å². The van der Waals surface area contributed by atoms with Crippen LogP contribution < -0.4 is 0 Å². The van der Waals surface area contributed by atoms with E-state index < -0.39 is 0 Å². The molecule has 0 aliphatic rings. The number of aryl methyl sites for hydroxylation is 1. The molecule has 0 aliphatic carbocycles. The fourth-order valence-electron chi connectivity index (χ4n) is 2.18. The molecule has 0 radical (unpaired) electrons. The van der Waals surface area contributed by atoms with Crippen molar-refractivity contribution < 1.29 is 14.3 Å². The number of benzene rings is 1. The molecule has 0 N–H and O–H groups in total. The minimum absolute atomic E-state index is 0.00166. The molecule has 0 amide bonds. The Morgan fingerprint density at radius 2 is 2.00 bits per heavy atom. The molecule has 100 valence electrons. The molecule has 0 saturated carbocycles. The van der Waals surface area contributed by atoms with Crippen LogP contribution in [0.5, 0.6) is 0 Å². The summed E-state index contributed by atoms with van der Waals surface area (Å²) < 4.78 is 6.98. The molecule has 0 fully saturated rings. The van der Waals surface area contributed by atoms with Crippen molar-refractivity contribution in [3.05, 3.63) is 35.5 Å². The molecule has 0 aliphatic heterocycles. The highest BCUT2D eigenvalue weighted by Gasteiger charge is 2.14. The van der Waals surface area contributed by atoms with Gasteiger partial charge in [0, 0.05) is 29.2 Å². The smallest absolute Gasteiger partial charge is 0.338 e. The Bertz CT molecular complexity index is 640. The number of aromatic nitrogens is 1. The van der Waals surface area contributed by atoms with Crippen LogP contribution in [0.3, 0.4) is 0 Å². The van der Waals surface area contributed by atoms with E-state index in [1.165, 1.54) is 6.92 Å². The SMILES string of the molecule is CCOC(=O)c1ccc2c(c1)c(C(C)=O)cn2CC. The van der Waals surface area contributed by atoms with Crippen molar-refractivity contribution in [2.45, 2.75) is 27.3 Å². The molecule has 0 atom stereocenters. The number of hydrogen-bond donors (Lipinski definition) is 0. The lowest BCUT2D eigenvalue weighted by atomic mass is 10.1. The summed E-state index contributed by atoms with van der Waals surface area (Å²) in [6.07, 6.45) is 1.84. The van der Waals surface area contributed by atoms with Gasteiger partial charge in [0.2, 0.25) is 0 Å². The molecule has 1 heterocycles. The lowest BCUT2D eigenvalue weighted by molar-refractivity contribution is 0.0526. The second-order valence-electron chi connectivity index (χ2n) is 4.34. The quantitative estimate of drug-likeness (QED) is 0.626. The zero-order valence-corrected chi connectivity index (χ0v) is 11.4. The van der Waals surface area contributed by atoms with Gasteiger partial charge in [-0.15, -0.1) is 0 Å². The second-order valence-corrected chi connectivity index (χ2v) is 4.34. The molecule has 0 spiro atoms. The molecule has 19 heavy (non-hydrogen) atoms. The van der Waals surface area contributed by atoms with Crippen LogP contribution >= 0.6 is 0 Å². The zero-order valence-electron chi connectivity index (χ0n) is 11.4. The Balaban J connectivity index is 2.60. The summed E-state index contributed by atoms with van der Waals surface area (Å²) in [5.74, 6) is -0.360. The van der Waals surface area contributed by atoms with E-state index in [1.54, 1.807) is 19.1 Å². The third kappa shape index (κ3) is 2.38.